The lowest BCUT2D eigenvalue weighted by Crippen LogP contribution is -2.17. The van der Waals surface area contributed by atoms with Crippen molar-refractivity contribution in [1.29, 1.82) is 0 Å². The maximum Gasteiger partial charge on any atom is 0.307 e. The van der Waals surface area contributed by atoms with Gasteiger partial charge in [0.2, 0.25) is 0 Å². The summed E-state index contributed by atoms with van der Waals surface area (Å²) in [6.45, 7) is 2.34. The minimum Gasteiger partial charge on any atom is -0.466 e. The van der Waals surface area contributed by atoms with E-state index in [0.717, 1.165) is 12.0 Å². The van der Waals surface area contributed by atoms with Crippen LogP contribution in [-0.4, -0.2) is 12.6 Å². The van der Waals surface area contributed by atoms with Crippen molar-refractivity contribution in [2.75, 3.05) is 6.61 Å². The summed E-state index contributed by atoms with van der Waals surface area (Å²) in [5, 5.41) is 0. The van der Waals surface area contributed by atoms with Crippen molar-refractivity contribution in [3.63, 3.8) is 0 Å². The molecule has 0 aliphatic heterocycles. The zero-order valence-electron chi connectivity index (χ0n) is 9.28. The summed E-state index contributed by atoms with van der Waals surface area (Å²) in [4.78, 5) is 11.3. The molecule has 0 aliphatic carbocycles. The van der Waals surface area contributed by atoms with Crippen LogP contribution in [-0.2, 0) is 9.53 Å². The van der Waals surface area contributed by atoms with E-state index in [1.54, 1.807) is 12.1 Å². The lowest BCUT2D eigenvalue weighted by Gasteiger charge is -2.11. The lowest BCUT2D eigenvalue weighted by molar-refractivity contribution is -0.144. The van der Waals surface area contributed by atoms with Crippen molar-refractivity contribution in [1.82, 2.24) is 0 Å². The molecule has 0 spiro atoms. The van der Waals surface area contributed by atoms with E-state index in [2.05, 4.69) is 0 Å². The SMILES string of the molecule is CCCOC(=O)CC(N)c1ccc(F)cc1. The van der Waals surface area contributed by atoms with E-state index in [1.165, 1.54) is 12.1 Å². The largest absolute Gasteiger partial charge is 0.466 e. The highest BCUT2D eigenvalue weighted by atomic mass is 19.1. The van der Waals surface area contributed by atoms with Crippen molar-refractivity contribution in [3.8, 4) is 0 Å². The maximum atomic E-state index is 12.6. The molecule has 3 nitrogen and oxygen atoms in total. The highest BCUT2D eigenvalue weighted by molar-refractivity contribution is 5.70. The number of nitrogens with two attached hydrogens (primary N) is 1. The van der Waals surface area contributed by atoms with Crippen LogP contribution in [0.15, 0.2) is 24.3 Å². The quantitative estimate of drug-likeness (QED) is 0.781. The molecule has 0 saturated carbocycles. The zero-order valence-corrected chi connectivity index (χ0v) is 9.28. The molecule has 1 atom stereocenters. The summed E-state index contributed by atoms with van der Waals surface area (Å²) >= 11 is 0. The van der Waals surface area contributed by atoms with E-state index in [0.29, 0.717) is 6.61 Å². The topological polar surface area (TPSA) is 52.3 Å². The number of carbonyl (C=O) groups excluding carboxylic acids is 1. The van der Waals surface area contributed by atoms with Crippen LogP contribution in [0.3, 0.4) is 0 Å². The first kappa shape index (κ1) is 12.6. The fourth-order valence-electron chi connectivity index (χ4n) is 1.28. The molecule has 1 aromatic rings. The summed E-state index contributed by atoms with van der Waals surface area (Å²) in [5.74, 6) is -0.636. The van der Waals surface area contributed by atoms with E-state index in [1.807, 2.05) is 6.92 Å². The molecule has 4 heteroatoms. The van der Waals surface area contributed by atoms with E-state index < -0.39 is 6.04 Å². The Kier molecular flexibility index (Phi) is 4.92. The fraction of sp³-hybridized carbons (Fsp3) is 0.417. The Labute approximate surface area is 94.4 Å². The first-order valence-corrected chi connectivity index (χ1v) is 5.30. The minimum absolute atomic E-state index is 0.117. The molecule has 0 heterocycles. The van der Waals surface area contributed by atoms with E-state index in [9.17, 15) is 9.18 Å². The van der Waals surface area contributed by atoms with Crippen molar-refractivity contribution in [2.45, 2.75) is 25.8 Å². The van der Waals surface area contributed by atoms with Gasteiger partial charge in [0, 0.05) is 6.04 Å². The molecule has 0 radical (unpaired) electrons. The smallest absolute Gasteiger partial charge is 0.307 e. The van der Waals surface area contributed by atoms with Crippen LogP contribution in [0.5, 0.6) is 0 Å². The zero-order chi connectivity index (χ0) is 12.0. The molecule has 0 saturated heterocycles. The first-order chi connectivity index (χ1) is 7.63. The summed E-state index contributed by atoms with van der Waals surface area (Å²) in [5.41, 5.74) is 6.53. The summed E-state index contributed by atoms with van der Waals surface area (Å²) < 4.78 is 17.6. The van der Waals surface area contributed by atoms with Gasteiger partial charge in [0.15, 0.2) is 0 Å². The van der Waals surface area contributed by atoms with Gasteiger partial charge in [0.25, 0.3) is 0 Å². The molecule has 0 aromatic heterocycles. The van der Waals surface area contributed by atoms with Gasteiger partial charge >= 0.3 is 5.97 Å². The van der Waals surface area contributed by atoms with Gasteiger partial charge in [-0.05, 0) is 24.1 Å². The third kappa shape index (κ3) is 3.98. The first-order valence-electron chi connectivity index (χ1n) is 5.30. The van der Waals surface area contributed by atoms with Crippen LogP contribution in [0, 0.1) is 5.82 Å². The molecule has 88 valence electrons. The molecular formula is C12H16FNO2. The van der Waals surface area contributed by atoms with Gasteiger partial charge in [-0.3, -0.25) is 4.79 Å². The second kappa shape index (κ2) is 6.23. The molecule has 0 amide bonds. The molecule has 0 aliphatic rings. The lowest BCUT2D eigenvalue weighted by atomic mass is 10.1. The van der Waals surface area contributed by atoms with E-state index in [4.69, 9.17) is 10.5 Å². The number of benzene rings is 1. The third-order valence-corrected chi connectivity index (χ3v) is 2.15. The van der Waals surface area contributed by atoms with Crippen molar-refractivity contribution in [2.24, 2.45) is 5.73 Å². The van der Waals surface area contributed by atoms with E-state index in [-0.39, 0.29) is 18.2 Å². The molecule has 1 unspecified atom stereocenters. The number of ether oxygens (including phenoxy) is 1. The van der Waals surface area contributed by atoms with Gasteiger partial charge in [-0.1, -0.05) is 19.1 Å². The monoisotopic (exact) mass is 225 g/mol. The molecule has 1 aromatic carbocycles. The highest BCUT2D eigenvalue weighted by Gasteiger charge is 2.12. The molecule has 1 rings (SSSR count). The number of carbonyl (C=O) groups is 1. The van der Waals surface area contributed by atoms with Crippen molar-refractivity contribution >= 4 is 5.97 Å². The molecular weight excluding hydrogens is 209 g/mol. The van der Waals surface area contributed by atoms with Crippen LogP contribution < -0.4 is 5.73 Å². The predicted octanol–water partition coefficient (Wildman–Crippen LogP) is 2.17. The standard InChI is InChI=1S/C12H16FNO2/c1-2-7-16-12(15)8-11(14)9-3-5-10(13)6-4-9/h3-6,11H,2,7-8,14H2,1H3. The van der Waals surface area contributed by atoms with Crippen molar-refractivity contribution < 1.29 is 13.9 Å². The molecule has 2 N–H and O–H groups in total. The number of rotatable bonds is 5. The normalized spacial score (nSPS) is 12.2. The van der Waals surface area contributed by atoms with Gasteiger partial charge in [-0.2, -0.15) is 0 Å². The summed E-state index contributed by atoms with van der Waals surface area (Å²) in [7, 11) is 0. The number of hydrogen-bond acceptors (Lipinski definition) is 3. The average Bonchev–Trinajstić information content (AvgIpc) is 2.27. The number of esters is 1. The van der Waals surface area contributed by atoms with Crippen LogP contribution in [0.2, 0.25) is 0 Å². The summed E-state index contributed by atoms with van der Waals surface area (Å²) in [6, 6.07) is 5.37. The number of hydrogen-bond donors (Lipinski definition) is 1. The Morgan fingerprint density at radius 1 is 1.44 bits per heavy atom. The Bertz CT molecular complexity index is 337. The molecule has 16 heavy (non-hydrogen) atoms. The van der Waals surface area contributed by atoms with Gasteiger partial charge in [0.05, 0.1) is 13.0 Å². The van der Waals surface area contributed by atoms with Crippen LogP contribution in [0.25, 0.3) is 0 Å². The fourth-order valence-corrected chi connectivity index (χ4v) is 1.28. The third-order valence-electron chi connectivity index (χ3n) is 2.15. The Balaban J connectivity index is 2.48. The minimum atomic E-state index is -0.440. The Hall–Kier alpha value is -1.42. The summed E-state index contributed by atoms with van der Waals surface area (Å²) in [6.07, 6.45) is 0.906. The van der Waals surface area contributed by atoms with Crippen LogP contribution in [0.4, 0.5) is 4.39 Å². The van der Waals surface area contributed by atoms with Crippen LogP contribution in [0.1, 0.15) is 31.4 Å². The van der Waals surface area contributed by atoms with E-state index >= 15 is 0 Å². The molecule has 0 bridgehead atoms. The second-order valence-corrected chi connectivity index (χ2v) is 3.58. The Morgan fingerprint density at radius 3 is 2.62 bits per heavy atom. The Morgan fingerprint density at radius 2 is 2.06 bits per heavy atom. The van der Waals surface area contributed by atoms with Crippen molar-refractivity contribution in [3.05, 3.63) is 35.6 Å². The van der Waals surface area contributed by atoms with Gasteiger partial charge < -0.3 is 10.5 Å². The second-order valence-electron chi connectivity index (χ2n) is 3.58. The van der Waals surface area contributed by atoms with Gasteiger partial charge in [-0.25, -0.2) is 4.39 Å². The van der Waals surface area contributed by atoms with Crippen LogP contribution >= 0.6 is 0 Å². The maximum absolute atomic E-state index is 12.6. The van der Waals surface area contributed by atoms with Gasteiger partial charge in [0.1, 0.15) is 5.82 Å². The molecule has 0 fully saturated rings. The van der Waals surface area contributed by atoms with Gasteiger partial charge in [-0.15, -0.1) is 0 Å². The highest BCUT2D eigenvalue weighted by Crippen LogP contribution is 2.15. The average molecular weight is 225 g/mol. The predicted molar refractivity (Wildman–Crippen MR) is 59.2 cm³/mol. The number of halogens is 1.